The van der Waals surface area contributed by atoms with Gasteiger partial charge in [0.25, 0.3) is 0 Å². The average molecular weight is 276 g/mol. The summed E-state index contributed by atoms with van der Waals surface area (Å²) in [6, 6.07) is 4.61. The van der Waals surface area contributed by atoms with Crippen molar-refractivity contribution < 1.29 is 0 Å². The summed E-state index contributed by atoms with van der Waals surface area (Å²) < 4.78 is 0. The van der Waals surface area contributed by atoms with E-state index in [1.54, 1.807) is 0 Å². The van der Waals surface area contributed by atoms with Crippen molar-refractivity contribution in [3.63, 3.8) is 0 Å². The van der Waals surface area contributed by atoms with Crippen LogP contribution in [0, 0.1) is 22.7 Å². The average Bonchev–Trinajstić information content (AvgIpc) is 2.51. The van der Waals surface area contributed by atoms with Gasteiger partial charge in [0.1, 0.15) is 0 Å². The van der Waals surface area contributed by atoms with Gasteiger partial charge >= 0.3 is 0 Å². The summed E-state index contributed by atoms with van der Waals surface area (Å²) in [6.07, 6.45) is 6.72. The monoisotopic (exact) mass is 276 g/mol. The molecule has 2 unspecified atom stereocenters. The van der Waals surface area contributed by atoms with Crippen molar-refractivity contribution in [2.24, 2.45) is 10.2 Å². The van der Waals surface area contributed by atoms with Crippen LogP contribution in [-0.4, -0.2) is 11.1 Å². The lowest BCUT2D eigenvalue weighted by atomic mass is 9.91. The standard InChI is InChI=1S/C16H28N4/c1-5-9-11-15(7-3,13-17)19-20-16(8-4,14-18)12-10-6-2/h5-12H2,1-4H3/b20-19+. The van der Waals surface area contributed by atoms with Gasteiger partial charge in [-0.15, -0.1) is 0 Å². The number of hydrogen-bond acceptors (Lipinski definition) is 4. The molecule has 20 heavy (non-hydrogen) atoms. The molecule has 0 N–H and O–H groups in total. The van der Waals surface area contributed by atoms with Crippen molar-refractivity contribution in [1.29, 1.82) is 10.5 Å². The highest BCUT2D eigenvalue weighted by Crippen LogP contribution is 2.28. The molecule has 0 heterocycles. The Hall–Kier alpha value is -1.42. The van der Waals surface area contributed by atoms with Crippen LogP contribution in [0.1, 0.15) is 79.1 Å². The van der Waals surface area contributed by atoms with E-state index in [0.717, 1.165) is 38.5 Å². The Bertz CT molecular complexity index is 341. The topological polar surface area (TPSA) is 72.3 Å². The first-order chi connectivity index (χ1) is 9.57. The first kappa shape index (κ1) is 18.6. The highest BCUT2D eigenvalue weighted by molar-refractivity contribution is 5.09. The lowest BCUT2D eigenvalue weighted by Crippen LogP contribution is -2.27. The van der Waals surface area contributed by atoms with Crippen molar-refractivity contribution in [3.05, 3.63) is 0 Å². The number of nitrogens with zero attached hydrogens (tertiary/aromatic N) is 4. The maximum Gasteiger partial charge on any atom is 0.167 e. The third-order valence-electron chi connectivity index (χ3n) is 3.91. The summed E-state index contributed by atoms with van der Waals surface area (Å²) in [5, 5.41) is 27.5. The van der Waals surface area contributed by atoms with Crippen molar-refractivity contribution >= 4 is 0 Å². The molecule has 0 saturated heterocycles. The molecular formula is C16H28N4. The van der Waals surface area contributed by atoms with E-state index in [1.807, 2.05) is 13.8 Å². The molecule has 0 aromatic rings. The fourth-order valence-corrected chi connectivity index (χ4v) is 2.04. The number of rotatable bonds is 10. The molecule has 4 nitrogen and oxygen atoms in total. The van der Waals surface area contributed by atoms with Gasteiger partial charge in [-0.25, -0.2) is 0 Å². The van der Waals surface area contributed by atoms with E-state index in [2.05, 4.69) is 36.2 Å². The molecule has 0 fully saturated rings. The lowest BCUT2D eigenvalue weighted by Gasteiger charge is -2.23. The molecule has 0 rings (SSSR count). The SMILES string of the molecule is CCCCC(C#N)(CC)/N=N/C(C#N)(CC)CCCC. The molecule has 2 atom stereocenters. The molecule has 0 aromatic heterocycles. The number of azo groups is 1. The second-order valence-electron chi connectivity index (χ2n) is 5.40. The van der Waals surface area contributed by atoms with Crippen LogP contribution in [0.25, 0.3) is 0 Å². The molecular weight excluding hydrogens is 248 g/mol. The first-order valence-corrected chi connectivity index (χ1v) is 7.84. The molecule has 0 aliphatic rings. The summed E-state index contributed by atoms with van der Waals surface area (Å²) in [7, 11) is 0. The van der Waals surface area contributed by atoms with E-state index >= 15 is 0 Å². The van der Waals surface area contributed by atoms with Crippen LogP contribution in [0.2, 0.25) is 0 Å². The van der Waals surface area contributed by atoms with Gasteiger partial charge in [-0.05, 0) is 25.7 Å². The van der Waals surface area contributed by atoms with Crippen LogP contribution >= 0.6 is 0 Å². The largest absolute Gasteiger partial charge is 0.196 e. The van der Waals surface area contributed by atoms with Gasteiger partial charge in [-0.3, -0.25) is 0 Å². The van der Waals surface area contributed by atoms with E-state index in [9.17, 15) is 10.5 Å². The van der Waals surface area contributed by atoms with Crippen LogP contribution in [0.3, 0.4) is 0 Å². The van der Waals surface area contributed by atoms with Gasteiger partial charge < -0.3 is 0 Å². The van der Waals surface area contributed by atoms with Crippen molar-refractivity contribution in [1.82, 2.24) is 0 Å². The van der Waals surface area contributed by atoms with Crippen molar-refractivity contribution in [2.45, 2.75) is 90.1 Å². The summed E-state index contributed by atoms with van der Waals surface area (Å²) in [6.45, 7) is 8.12. The molecule has 0 bridgehead atoms. The Labute approximate surface area is 123 Å². The summed E-state index contributed by atoms with van der Waals surface area (Å²) in [4.78, 5) is 0. The summed E-state index contributed by atoms with van der Waals surface area (Å²) in [5.74, 6) is 0. The fraction of sp³-hybridized carbons (Fsp3) is 0.875. The Morgan fingerprint density at radius 2 is 1.10 bits per heavy atom. The second-order valence-corrected chi connectivity index (χ2v) is 5.40. The fourth-order valence-electron chi connectivity index (χ4n) is 2.04. The number of unbranched alkanes of at least 4 members (excludes halogenated alkanes) is 2. The first-order valence-electron chi connectivity index (χ1n) is 7.84. The number of hydrogen-bond donors (Lipinski definition) is 0. The molecule has 0 aromatic carbocycles. The molecule has 0 aliphatic carbocycles. The maximum atomic E-state index is 9.43. The van der Waals surface area contributed by atoms with E-state index in [0.29, 0.717) is 12.8 Å². The third-order valence-corrected chi connectivity index (χ3v) is 3.91. The van der Waals surface area contributed by atoms with Gasteiger partial charge in [0.15, 0.2) is 11.1 Å². The van der Waals surface area contributed by atoms with Gasteiger partial charge in [0.05, 0.1) is 12.1 Å². The van der Waals surface area contributed by atoms with Crippen LogP contribution in [0.4, 0.5) is 0 Å². The minimum absolute atomic E-state index is 0.645. The minimum atomic E-state index is -0.751. The highest BCUT2D eigenvalue weighted by Gasteiger charge is 2.32. The lowest BCUT2D eigenvalue weighted by molar-refractivity contribution is 0.385. The van der Waals surface area contributed by atoms with Crippen molar-refractivity contribution in [2.75, 3.05) is 0 Å². The molecule has 0 radical (unpaired) electrons. The summed E-state index contributed by atoms with van der Waals surface area (Å²) in [5.41, 5.74) is -1.50. The highest BCUT2D eigenvalue weighted by atomic mass is 15.2. The Morgan fingerprint density at radius 3 is 1.30 bits per heavy atom. The maximum absolute atomic E-state index is 9.43. The van der Waals surface area contributed by atoms with Gasteiger partial charge in [-0.2, -0.15) is 20.8 Å². The van der Waals surface area contributed by atoms with Crippen LogP contribution < -0.4 is 0 Å². The van der Waals surface area contributed by atoms with Crippen LogP contribution in [0.5, 0.6) is 0 Å². The van der Waals surface area contributed by atoms with E-state index in [-0.39, 0.29) is 0 Å². The van der Waals surface area contributed by atoms with Crippen LogP contribution in [0.15, 0.2) is 10.2 Å². The van der Waals surface area contributed by atoms with Gasteiger partial charge in [0, 0.05) is 0 Å². The van der Waals surface area contributed by atoms with E-state index in [4.69, 9.17) is 0 Å². The second kappa shape index (κ2) is 9.48. The molecule has 4 heteroatoms. The molecule has 0 saturated carbocycles. The Balaban J connectivity index is 5.15. The smallest absolute Gasteiger partial charge is 0.167 e. The zero-order valence-corrected chi connectivity index (χ0v) is 13.4. The molecule has 0 amide bonds. The Morgan fingerprint density at radius 1 is 0.750 bits per heavy atom. The Kier molecular flexibility index (Phi) is 8.81. The predicted molar refractivity (Wildman–Crippen MR) is 81.2 cm³/mol. The van der Waals surface area contributed by atoms with Gasteiger partial charge in [0.2, 0.25) is 0 Å². The van der Waals surface area contributed by atoms with Crippen LogP contribution in [-0.2, 0) is 0 Å². The minimum Gasteiger partial charge on any atom is -0.196 e. The van der Waals surface area contributed by atoms with Crippen molar-refractivity contribution in [3.8, 4) is 12.1 Å². The summed E-state index contributed by atoms with van der Waals surface area (Å²) >= 11 is 0. The zero-order chi connectivity index (χ0) is 15.5. The molecule has 0 spiro atoms. The number of nitriles is 2. The zero-order valence-electron chi connectivity index (χ0n) is 13.4. The normalized spacial score (nSPS) is 17.1. The van der Waals surface area contributed by atoms with E-state index < -0.39 is 11.1 Å². The van der Waals surface area contributed by atoms with Gasteiger partial charge in [-0.1, -0.05) is 53.4 Å². The van der Waals surface area contributed by atoms with E-state index in [1.165, 1.54) is 0 Å². The predicted octanol–water partition coefficient (Wildman–Crippen LogP) is 5.16. The quantitative estimate of drug-likeness (QED) is 0.517. The third kappa shape index (κ3) is 5.29. The molecule has 112 valence electrons. The molecule has 0 aliphatic heterocycles.